The summed E-state index contributed by atoms with van der Waals surface area (Å²) in [4.78, 5) is 15.1. The lowest BCUT2D eigenvalue weighted by Crippen LogP contribution is -2.52. The molecule has 2 aromatic rings. The van der Waals surface area contributed by atoms with Gasteiger partial charge in [-0.15, -0.1) is 10.2 Å². The topological polar surface area (TPSA) is 94.4 Å². The van der Waals surface area contributed by atoms with Crippen molar-refractivity contribution in [2.24, 2.45) is 5.92 Å². The molecule has 0 aromatic carbocycles. The molecule has 3 rings (SSSR count). The number of methoxy groups -OCH3 is 1. The average molecular weight is 470 g/mol. The summed E-state index contributed by atoms with van der Waals surface area (Å²) >= 11 is 0. The van der Waals surface area contributed by atoms with Gasteiger partial charge in [0.1, 0.15) is 0 Å². The van der Waals surface area contributed by atoms with Crippen LogP contribution in [0.3, 0.4) is 0 Å². The van der Waals surface area contributed by atoms with Crippen LogP contribution in [0.25, 0.3) is 5.82 Å². The Balaban J connectivity index is 1.84. The number of nitrogens with zero attached hydrogens (tertiary/aromatic N) is 5. The summed E-state index contributed by atoms with van der Waals surface area (Å²) in [6, 6.07) is 2.66. The molecule has 0 radical (unpaired) electrons. The Bertz CT molecular complexity index is 909. The highest BCUT2D eigenvalue weighted by molar-refractivity contribution is 5.95. The third-order valence-corrected chi connectivity index (χ3v) is 5.91. The van der Waals surface area contributed by atoms with Crippen LogP contribution in [0.15, 0.2) is 18.3 Å². The average Bonchev–Trinajstić information content (AvgIpc) is 3.28. The molecule has 0 aliphatic carbocycles. The van der Waals surface area contributed by atoms with Crippen LogP contribution in [0, 0.1) is 5.92 Å². The Labute approximate surface area is 190 Å². The van der Waals surface area contributed by atoms with E-state index in [1.807, 2.05) is 0 Å². The van der Waals surface area contributed by atoms with Crippen LogP contribution in [0.2, 0.25) is 0 Å². The van der Waals surface area contributed by atoms with Gasteiger partial charge in [0.2, 0.25) is 5.88 Å². The fourth-order valence-corrected chi connectivity index (χ4v) is 4.12. The lowest BCUT2D eigenvalue weighted by Gasteiger charge is -2.38. The van der Waals surface area contributed by atoms with Gasteiger partial charge in [-0.3, -0.25) is 9.69 Å². The molecule has 2 aromatic heterocycles. The lowest BCUT2D eigenvalue weighted by molar-refractivity contribution is -0.143. The van der Waals surface area contributed by atoms with Crippen LogP contribution in [-0.4, -0.2) is 76.8 Å². The predicted octanol–water partition coefficient (Wildman–Crippen LogP) is 2.56. The molecule has 1 unspecified atom stereocenters. The van der Waals surface area contributed by atoms with Gasteiger partial charge in [0.15, 0.2) is 11.5 Å². The van der Waals surface area contributed by atoms with Crippen molar-refractivity contribution >= 4 is 5.91 Å². The molecule has 1 N–H and O–H groups in total. The van der Waals surface area contributed by atoms with E-state index in [1.165, 1.54) is 19.2 Å². The van der Waals surface area contributed by atoms with Crippen LogP contribution >= 0.6 is 0 Å². The van der Waals surface area contributed by atoms with Gasteiger partial charge in [0, 0.05) is 31.7 Å². The van der Waals surface area contributed by atoms with Crippen LogP contribution in [-0.2, 0) is 10.9 Å². The molecule has 182 valence electrons. The minimum atomic E-state index is -4.83. The van der Waals surface area contributed by atoms with E-state index in [0.717, 1.165) is 32.1 Å². The molecule has 1 fully saturated rings. The summed E-state index contributed by atoms with van der Waals surface area (Å²) in [6.07, 6.45) is -2.12. The summed E-state index contributed by atoms with van der Waals surface area (Å²) in [5.41, 5.74) is -1.77. The largest absolute Gasteiger partial charge is 0.480 e. The summed E-state index contributed by atoms with van der Waals surface area (Å²) in [6.45, 7) is 7.01. The lowest BCUT2D eigenvalue weighted by atomic mass is 9.92. The summed E-state index contributed by atoms with van der Waals surface area (Å²) in [5, 5.41) is 13.9. The van der Waals surface area contributed by atoms with Crippen molar-refractivity contribution in [3.05, 3.63) is 29.6 Å². The number of morpholine rings is 1. The third-order valence-electron chi connectivity index (χ3n) is 5.91. The van der Waals surface area contributed by atoms with Gasteiger partial charge in [-0.1, -0.05) is 26.7 Å². The quantitative estimate of drug-likeness (QED) is 0.602. The molecule has 1 aliphatic heterocycles. The second-order valence-corrected chi connectivity index (χ2v) is 7.75. The number of hydrogen-bond donors (Lipinski definition) is 1. The van der Waals surface area contributed by atoms with E-state index in [2.05, 4.69) is 39.4 Å². The molecule has 1 atom stereocenters. The molecule has 33 heavy (non-hydrogen) atoms. The summed E-state index contributed by atoms with van der Waals surface area (Å²) < 4.78 is 52.7. The van der Waals surface area contributed by atoms with Crippen molar-refractivity contribution in [2.45, 2.75) is 38.9 Å². The number of hydrogen-bond acceptors (Lipinski definition) is 7. The molecular weight excluding hydrogens is 441 g/mol. The first kappa shape index (κ1) is 24.9. The van der Waals surface area contributed by atoms with Crippen LogP contribution in [0.4, 0.5) is 13.2 Å². The molecule has 0 spiro atoms. The first-order valence-electron chi connectivity index (χ1n) is 10.9. The summed E-state index contributed by atoms with van der Waals surface area (Å²) in [7, 11) is 1.37. The van der Waals surface area contributed by atoms with Gasteiger partial charge in [-0.2, -0.15) is 18.3 Å². The zero-order chi connectivity index (χ0) is 24.0. The Hall–Kier alpha value is -2.73. The van der Waals surface area contributed by atoms with Crippen molar-refractivity contribution in [3.8, 4) is 11.7 Å². The third kappa shape index (κ3) is 5.80. The first-order valence-corrected chi connectivity index (χ1v) is 10.9. The van der Waals surface area contributed by atoms with E-state index >= 15 is 0 Å². The normalized spacial score (nSPS) is 16.1. The van der Waals surface area contributed by atoms with E-state index in [9.17, 15) is 18.0 Å². The number of rotatable bonds is 9. The van der Waals surface area contributed by atoms with Gasteiger partial charge in [0.05, 0.1) is 32.1 Å². The number of nitrogens with one attached hydrogen (secondary N) is 1. The minimum absolute atomic E-state index is 0.00434. The Morgan fingerprint density at radius 3 is 2.45 bits per heavy atom. The predicted molar refractivity (Wildman–Crippen MR) is 113 cm³/mol. The minimum Gasteiger partial charge on any atom is -0.480 e. The van der Waals surface area contributed by atoms with Crippen LogP contribution in [0.5, 0.6) is 5.88 Å². The molecule has 0 saturated carbocycles. The van der Waals surface area contributed by atoms with E-state index in [4.69, 9.17) is 9.47 Å². The molecule has 3 heterocycles. The van der Waals surface area contributed by atoms with Gasteiger partial charge >= 0.3 is 6.18 Å². The molecule has 1 amide bonds. The van der Waals surface area contributed by atoms with E-state index < -0.39 is 23.3 Å². The molecular formula is C21H29F3N6O3. The van der Waals surface area contributed by atoms with Crippen molar-refractivity contribution in [1.29, 1.82) is 0 Å². The number of amides is 1. The van der Waals surface area contributed by atoms with Crippen molar-refractivity contribution in [2.75, 3.05) is 40.0 Å². The zero-order valence-corrected chi connectivity index (χ0v) is 18.9. The SMILES string of the molecule is CCC(CC)C(CNC(=O)c1cnn(-c2ccc(OC)nn2)c1C(F)(F)F)N1CCOCC1. The highest BCUT2D eigenvalue weighted by atomic mass is 19.4. The van der Waals surface area contributed by atoms with Gasteiger partial charge in [0.25, 0.3) is 5.91 Å². The highest BCUT2D eigenvalue weighted by Gasteiger charge is 2.41. The molecule has 9 nitrogen and oxygen atoms in total. The van der Waals surface area contributed by atoms with Crippen molar-refractivity contribution < 1.29 is 27.4 Å². The highest BCUT2D eigenvalue weighted by Crippen LogP contribution is 2.33. The number of halogens is 3. The van der Waals surface area contributed by atoms with Gasteiger partial charge in [-0.25, -0.2) is 4.68 Å². The van der Waals surface area contributed by atoms with E-state index in [1.54, 1.807) is 0 Å². The standard InChI is InChI=1S/C21H29F3N6O3/c1-4-14(5-2)16(29-8-10-33-11-9-29)13-25-20(31)15-12-26-30(19(15)21(22,23)24)17-6-7-18(32-3)28-27-17/h6-7,12,14,16H,4-5,8-11,13H2,1-3H3,(H,25,31). The zero-order valence-electron chi connectivity index (χ0n) is 18.9. The van der Waals surface area contributed by atoms with Gasteiger partial charge < -0.3 is 14.8 Å². The Morgan fingerprint density at radius 1 is 1.21 bits per heavy atom. The van der Waals surface area contributed by atoms with Crippen molar-refractivity contribution in [3.63, 3.8) is 0 Å². The van der Waals surface area contributed by atoms with Crippen molar-refractivity contribution in [1.82, 2.24) is 30.2 Å². The molecule has 12 heteroatoms. The van der Waals surface area contributed by atoms with E-state index in [-0.39, 0.29) is 24.3 Å². The summed E-state index contributed by atoms with van der Waals surface area (Å²) in [5.74, 6) is -0.569. The fraction of sp³-hybridized carbons (Fsp3) is 0.619. The number of carbonyl (C=O) groups excluding carboxylic acids is 1. The Morgan fingerprint density at radius 2 is 1.91 bits per heavy atom. The molecule has 1 saturated heterocycles. The first-order chi connectivity index (χ1) is 15.8. The smallest absolute Gasteiger partial charge is 0.434 e. The molecule has 0 bridgehead atoms. The number of carbonyl (C=O) groups is 1. The second-order valence-electron chi connectivity index (χ2n) is 7.75. The second kappa shape index (κ2) is 10.9. The number of aromatic nitrogens is 4. The maximum absolute atomic E-state index is 13.9. The monoisotopic (exact) mass is 470 g/mol. The van der Waals surface area contributed by atoms with Gasteiger partial charge in [-0.05, 0) is 12.0 Å². The molecule has 1 aliphatic rings. The number of alkyl halides is 3. The maximum atomic E-state index is 13.9. The Kier molecular flexibility index (Phi) is 8.25. The van der Waals surface area contributed by atoms with Crippen LogP contribution < -0.4 is 10.1 Å². The maximum Gasteiger partial charge on any atom is 0.434 e. The van der Waals surface area contributed by atoms with E-state index in [0.29, 0.717) is 23.8 Å². The van der Waals surface area contributed by atoms with Crippen LogP contribution in [0.1, 0.15) is 42.7 Å². The number of ether oxygens (including phenoxy) is 2. The fourth-order valence-electron chi connectivity index (χ4n) is 4.12.